The van der Waals surface area contributed by atoms with Crippen LogP contribution in [0.3, 0.4) is 0 Å². The third-order valence-corrected chi connectivity index (χ3v) is 3.65. The molecule has 2 rings (SSSR count). The van der Waals surface area contributed by atoms with Gasteiger partial charge in [-0.2, -0.15) is 0 Å². The Kier molecular flexibility index (Phi) is 3.08. The van der Waals surface area contributed by atoms with E-state index >= 15 is 0 Å². The van der Waals surface area contributed by atoms with Crippen LogP contribution in [0.5, 0.6) is 0 Å². The van der Waals surface area contributed by atoms with Crippen LogP contribution in [-0.2, 0) is 12.0 Å². The highest BCUT2D eigenvalue weighted by Crippen LogP contribution is 2.40. The Labute approximate surface area is 110 Å². The Balaban J connectivity index is 2.93. The van der Waals surface area contributed by atoms with Crippen molar-refractivity contribution in [3.8, 4) is 0 Å². The van der Waals surface area contributed by atoms with Crippen molar-refractivity contribution < 1.29 is 4.42 Å². The second kappa shape index (κ2) is 4.14. The maximum atomic E-state index is 5.93. The van der Waals surface area contributed by atoms with E-state index in [0.717, 1.165) is 26.8 Å². The zero-order valence-corrected chi connectivity index (χ0v) is 12.3. The van der Waals surface area contributed by atoms with E-state index in [0.29, 0.717) is 6.54 Å². The minimum absolute atomic E-state index is 0.0241. The molecule has 0 saturated carbocycles. The Bertz CT molecular complexity index is 564. The van der Waals surface area contributed by atoms with E-state index < -0.39 is 0 Å². The Morgan fingerprint density at radius 1 is 1.29 bits per heavy atom. The molecule has 92 valence electrons. The van der Waals surface area contributed by atoms with Gasteiger partial charge in [-0.25, -0.2) is 0 Å². The van der Waals surface area contributed by atoms with Crippen molar-refractivity contribution in [2.75, 3.05) is 0 Å². The highest BCUT2D eigenvalue weighted by atomic mass is 79.9. The second-order valence-corrected chi connectivity index (χ2v) is 6.28. The number of halogens is 1. The fourth-order valence-corrected chi connectivity index (χ4v) is 2.79. The van der Waals surface area contributed by atoms with Crippen LogP contribution in [0, 0.1) is 6.92 Å². The molecule has 0 radical (unpaired) electrons. The molecule has 0 amide bonds. The summed E-state index contributed by atoms with van der Waals surface area (Å²) >= 11 is 3.62. The number of benzene rings is 1. The van der Waals surface area contributed by atoms with Gasteiger partial charge >= 0.3 is 0 Å². The summed E-state index contributed by atoms with van der Waals surface area (Å²) in [5.74, 6) is 0.891. The monoisotopic (exact) mass is 295 g/mol. The van der Waals surface area contributed by atoms with Gasteiger partial charge in [0.05, 0.1) is 6.54 Å². The zero-order chi connectivity index (χ0) is 12.8. The van der Waals surface area contributed by atoms with Gasteiger partial charge in [0, 0.05) is 15.4 Å². The highest BCUT2D eigenvalue weighted by molar-refractivity contribution is 9.10. The third-order valence-electron chi connectivity index (χ3n) is 2.99. The van der Waals surface area contributed by atoms with Crippen molar-refractivity contribution in [1.29, 1.82) is 0 Å². The van der Waals surface area contributed by atoms with Crippen LogP contribution >= 0.6 is 15.9 Å². The first-order chi connectivity index (χ1) is 7.86. The average Bonchev–Trinajstić information content (AvgIpc) is 2.63. The molecule has 0 unspecified atom stereocenters. The fourth-order valence-electron chi connectivity index (χ4n) is 2.28. The lowest BCUT2D eigenvalue weighted by atomic mass is 9.84. The molecular formula is C14H18BrNO. The summed E-state index contributed by atoms with van der Waals surface area (Å²) in [5, 5.41) is 1.16. The van der Waals surface area contributed by atoms with Gasteiger partial charge in [0.25, 0.3) is 0 Å². The predicted octanol–water partition coefficient (Wildman–Crippen LogP) is 4.26. The van der Waals surface area contributed by atoms with Gasteiger partial charge in [-0.1, -0.05) is 42.8 Å². The Morgan fingerprint density at radius 2 is 1.94 bits per heavy atom. The lowest BCUT2D eigenvalue weighted by molar-refractivity contribution is 0.510. The van der Waals surface area contributed by atoms with Crippen LogP contribution in [0.15, 0.2) is 21.0 Å². The number of furan rings is 1. The van der Waals surface area contributed by atoms with Crippen molar-refractivity contribution in [2.24, 2.45) is 5.73 Å². The number of hydrogen-bond donors (Lipinski definition) is 1. The Hall–Kier alpha value is -0.800. The van der Waals surface area contributed by atoms with Gasteiger partial charge in [0.2, 0.25) is 0 Å². The van der Waals surface area contributed by atoms with Crippen LogP contribution in [0.2, 0.25) is 0 Å². The number of nitrogens with two attached hydrogens (primary N) is 1. The van der Waals surface area contributed by atoms with Crippen LogP contribution in [0.25, 0.3) is 11.0 Å². The second-order valence-electron chi connectivity index (χ2n) is 5.42. The van der Waals surface area contributed by atoms with Crippen molar-refractivity contribution in [3.05, 3.63) is 33.5 Å². The number of rotatable bonds is 1. The van der Waals surface area contributed by atoms with Crippen molar-refractivity contribution in [2.45, 2.75) is 39.7 Å². The summed E-state index contributed by atoms with van der Waals surface area (Å²) in [6.45, 7) is 9.06. The molecule has 1 heterocycles. The maximum absolute atomic E-state index is 5.93. The van der Waals surface area contributed by atoms with Gasteiger partial charge in [-0.15, -0.1) is 0 Å². The molecule has 2 N–H and O–H groups in total. The SMILES string of the molecule is Cc1ccc(Br)c2c(C(C)(C)C)c(CN)oc12. The first kappa shape index (κ1) is 12.7. The van der Waals surface area contributed by atoms with Gasteiger partial charge in [0.15, 0.2) is 0 Å². The molecule has 0 saturated heterocycles. The van der Waals surface area contributed by atoms with Gasteiger partial charge in [-0.3, -0.25) is 0 Å². The third kappa shape index (κ3) is 2.02. The first-order valence-electron chi connectivity index (χ1n) is 5.77. The molecule has 1 aromatic carbocycles. The lowest BCUT2D eigenvalue weighted by Crippen LogP contribution is -2.14. The molecule has 0 atom stereocenters. The summed E-state index contributed by atoms with van der Waals surface area (Å²) < 4.78 is 7.01. The molecule has 3 heteroatoms. The van der Waals surface area contributed by atoms with Crippen LogP contribution in [0.1, 0.15) is 37.7 Å². The van der Waals surface area contributed by atoms with E-state index in [-0.39, 0.29) is 5.41 Å². The predicted molar refractivity (Wildman–Crippen MR) is 75.2 cm³/mol. The number of fused-ring (bicyclic) bond motifs is 1. The average molecular weight is 296 g/mol. The van der Waals surface area contributed by atoms with Crippen LogP contribution < -0.4 is 5.73 Å². The molecule has 0 fully saturated rings. The molecule has 0 aliphatic heterocycles. The van der Waals surface area contributed by atoms with E-state index in [2.05, 4.69) is 55.8 Å². The normalized spacial score (nSPS) is 12.4. The highest BCUT2D eigenvalue weighted by Gasteiger charge is 2.26. The largest absolute Gasteiger partial charge is 0.459 e. The van der Waals surface area contributed by atoms with Crippen molar-refractivity contribution in [1.82, 2.24) is 0 Å². The zero-order valence-electron chi connectivity index (χ0n) is 10.7. The van der Waals surface area contributed by atoms with E-state index in [9.17, 15) is 0 Å². The van der Waals surface area contributed by atoms with Gasteiger partial charge in [0.1, 0.15) is 11.3 Å². The molecule has 2 aromatic rings. The first-order valence-corrected chi connectivity index (χ1v) is 6.56. The quantitative estimate of drug-likeness (QED) is 0.854. The van der Waals surface area contributed by atoms with Crippen molar-refractivity contribution >= 4 is 26.9 Å². The minimum atomic E-state index is 0.0241. The molecule has 0 aliphatic rings. The molecule has 0 bridgehead atoms. The molecule has 2 nitrogen and oxygen atoms in total. The van der Waals surface area contributed by atoms with E-state index in [1.807, 2.05) is 0 Å². The van der Waals surface area contributed by atoms with Crippen LogP contribution in [-0.4, -0.2) is 0 Å². The summed E-state index contributed by atoms with van der Waals surface area (Å²) in [6.07, 6.45) is 0. The van der Waals surface area contributed by atoms with E-state index in [1.165, 1.54) is 5.56 Å². The molecular weight excluding hydrogens is 278 g/mol. The van der Waals surface area contributed by atoms with E-state index in [1.54, 1.807) is 0 Å². The smallest absolute Gasteiger partial charge is 0.138 e. The minimum Gasteiger partial charge on any atom is -0.459 e. The van der Waals surface area contributed by atoms with Gasteiger partial charge in [-0.05, 0) is 24.0 Å². The summed E-state index contributed by atoms with van der Waals surface area (Å²) in [6, 6.07) is 4.13. The summed E-state index contributed by atoms with van der Waals surface area (Å²) in [5.41, 5.74) is 9.14. The van der Waals surface area contributed by atoms with Crippen molar-refractivity contribution in [3.63, 3.8) is 0 Å². The Morgan fingerprint density at radius 3 is 2.47 bits per heavy atom. The molecule has 0 spiro atoms. The molecule has 1 aromatic heterocycles. The molecule has 0 aliphatic carbocycles. The number of hydrogen-bond acceptors (Lipinski definition) is 2. The standard InChI is InChI=1S/C14H18BrNO/c1-8-5-6-9(15)11-12(14(2,3)4)10(7-16)17-13(8)11/h5-6H,7,16H2,1-4H3. The van der Waals surface area contributed by atoms with Crippen LogP contribution in [0.4, 0.5) is 0 Å². The number of aryl methyl sites for hydroxylation is 1. The molecule has 17 heavy (non-hydrogen) atoms. The van der Waals surface area contributed by atoms with E-state index in [4.69, 9.17) is 10.2 Å². The lowest BCUT2D eigenvalue weighted by Gasteiger charge is -2.19. The maximum Gasteiger partial charge on any atom is 0.138 e. The summed E-state index contributed by atoms with van der Waals surface area (Å²) in [4.78, 5) is 0. The van der Waals surface area contributed by atoms with Gasteiger partial charge < -0.3 is 10.2 Å². The summed E-state index contributed by atoms with van der Waals surface area (Å²) in [7, 11) is 0. The fraction of sp³-hybridized carbons (Fsp3) is 0.429. The topological polar surface area (TPSA) is 39.2 Å².